The van der Waals surface area contributed by atoms with Crippen LogP contribution < -0.4 is 5.32 Å². The minimum Gasteiger partial charge on any atom is -0.382 e. The number of ether oxygens (including phenoxy) is 2. The summed E-state index contributed by atoms with van der Waals surface area (Å²) in [5, 5.41) is 3.51. The topological polar surface area (TPSA) is 30.5 Å². The van der Waals surface area contributed by atoms with Gasteiger partial charge in [-0.25, -0.2) is 0 Å². The second-order valence-electron chi connectivity index (χ2n) is 7.23. The van der Waals surface area contributed by atoms with Crippen LogP contribution in [0.4, 0.5) is 0 Å². The van der Waals surface area contributed by atoms with E-state index in [2.05, 4.69) is 39.9 Å². The lowest BCUT2D eigenvalue weighted by atomic mass is 9.80. The molecule has 4 atom stereocenters. The van der Waals surface area contributed by atoms with Crippen LogP contribution in [0.2, 0.25) is 0 Å². The maximum atomic E-state index is 6.26. The summed E-state index contributed by atoms with van der Waals surface area (Å²) in [4.78, 5) is 0. The summed E-state index contributed by atoms with van der Waals surface area (Å²) in [6.07, 6.45) is 4.25. The molecule has 0 spiro atoms. The van der Waals surface area contributed by atoms with Crippen molar-refractivity contribution in [3.63, 3.8) is 0 Å². The molecule has 1 fully saturated rings. The molecule has 0 aliphatic heterocycles. The molecule has 19 heavy (non-hydrogen) atoms. The van der Waals surface area contributed by atoms with Gasteiger partial charge in [0.15, 0.2) is 0 Å². The molecule has 0 aromatic carbocycles. The Morgan fingerprint density at radius 3 is 2.37 bits per heavy atom. The molecule has 1 rings (SSSR count). The molecule has 0 radical (unpaired) electrons. The van der Waals surface area contributed by atoms with E-state index in [1.54, 1.807) is 7.11 Å². The van der Waals surface area contributed by atoms with Gasteiger partial charge in [-0.2, -0.15) is 0 Å². The normalized spacial score (nSPS) is 30.3. The molecule has 3 heteroatoms. The average Bonchev–Trinajstić information content (AvgIpc) is 2.30. The molecule has 1 N–H and O–H groups in total. The molecule has 0 heterocycles. The van der Waals surface area contributed by atoms with Gasteiger partial charge in [-0.05, 0) is 51.9 Å². The van der Waals surface area contributed by atoms with Crippen molar-refractivity contribution in [1.82, 2.24) is 5.32 Å². The van der Waals surface area contributed by atoms with Crippen molar-refractivity contribution in [1.29, 1.82) is 0 Å². The first kappa shape index (κ1) is 16.9. The van der Waals surface area contributed by atoms with Crippen molar-refractivity contribution in [2.75, 3.05) is 20.3 Å². The summed E-state index contributed by atoms with van der Waals surface area (Å²) in [6.45, 7) is 12.8. The molecule has 0 bridgehead atoms. The first-order chi connectivity index (χ1) is 8.81. The average molecular weight is 271 g/mol. The van der Waals surface area contributed by atoms with Crippen molar-refractivity contribution < 1.29 is 9.47 Å². The SMILES string of the molecule is COCC(CNC(C)(C)C)OC1CCC(C)C(C)C1. The lowest BCUT2D eigenvalue weighted by Gasteiger charge is -2.35. The van der Waals surface area contributed by atoms with Crippen molar-refractivity contribution in [2.45, 2.75) is 71.6 Å². The molecule has 1 aliphatic carbocycles. The minimum atomic E-state index is 0.129. The van der Waals surface area contributed by atoms with Gasteiger partial charge >= 0.3 is 0 Å². The summed E-state index contributed by atoms with van der Waals surface area (Å²) >= 11 is 0. The van der Waals surface area contributed by atoms with E-state index in [9.17, 15) is 0 Å². The van der Waals surface area contributed by atoms with Gasteiger partial charge in [0.1, 0.15) is 0 Å². The molecule has 114 valence electrons. The molecule has 1 aliphatic rings. The van der Waals surface area contributed by atoms with E-state index in [1.165, 1.54) is 19.3 Å². The van der Waals surface area contributed by atoms with E-state index in [-0.39, 0.29) is 11.6 Å². The van der Waals surface area contributed by atoms with Crippen LogP contribution in [0.15, 0.2) is 0 Å². The van der Waals surface area contributed by atoms with E-state index in [0.717, 1.165) is 18.4 Å². The molecule has 4 unspecified atom stereocenters. The third-order valence-corrected chi connectivity index (χ3v) is 4.15. The fourth-order valence-corrected chi connectivity index (χ4v) is 2.65. The Kier molecular flexibility index (Phi) is 6.78. The Balaban J connectivity index is 2.40. The van der Waals surface area contributed by atoms with E-state index in [4.69, 9.17) is 9.47 Å². The van der Waals surface area contributed by atoms with E-state index in [0.29, 0.717) is 12.7 Å². The van der Waals surface area contributed by atoms with Crippen molar-refractivity contribution >= 4 is 0 Å². The van der Waals surface area contributed by atoms with E-state index in [1.807, 2.05) is 0 Å². The van der Waals surface area contributed by atoms with Gasteiger partial charge in [-0.15, -0.1) is 0 Å². The van der Waals surface area contributed by atoms with Gasteiger partial charge < -0.3 is 14.8 Å². The van der Waals surface area contributed by atoms with Crippen molar-refractivity contribution in [3.05, 3.63) is 0 Å². The monoisotopic (exact) mass is 271 g/mol. The van der Waals surface area contributed by atoms with Gasteiger partial charge in [-0.3, -0.25) is 0 Å². The Bertz CT molecular complexity index is 250. The number of rotatable bonds is 6. The van der Waals surface area contributed by atoms with Crippen LogP contribution in [0.25, 0.3) is 0 Å². The molecule has 3 nitrogen and oxygen atoms in total. The quantitative estimate of drug-likeness (QED) is 0.804. The summed E-state index contributed by atoms with van der Waals surface area (Å²) in [5.41, 5.74) is 0.129. The maximum Gasteiger partial charge on any atom is 0.0936 e. The Labute approximate surface area is 119 Å². The van der Waals surface area contributed by atoms with Crippen LogP contribution in [0.5, 0.6) is 0 Å². The molecule has 0 amide bonds. The highest BCUT2D eigenvalue weighted by molar-refractivity contribution is 4.79. The predicted molar refractivity (Wildman–Crippen MR) is 80.5 cm³/mol. The summed E-state index contributed by atoms with van der Waals surface area (Å²) in [5.74, 6) is 1.62. The van der Waals surface area contributed by atoms with Crippen LogP contribution in [0.1, 0.15) is 53.9 Å². The molecule has 0 aromatic rings. The van der Waals surface area contributed by atoms with Crippen LogP contribution in [-0.4, -0.2) is 38.0 Å². The molecule has 0 saturated heterocycles. The fourth-order valence-electron chi connectivity index (χ4n) is 2.65. The first-order valence-electron chi connectivity index (χ1n) is 7.71. The maximum absolute atomic E-state index is 6.26. The number of hydrogen-bond acceptors (Lipinski definition) is 3. The summed E-state index contributed by atoms with van der Waals surface area (Å²) in [7, 11) is 1.75. The second-order valence-corrected chi connectivity index (χ2v) is 7.23. The lowest BCUT2D eigenvalue weighted by molar-refractivity contribution is -0.0735. The smallest absolute Gasteiger partial charge is 0.0936 e. The minimum absolute atomic E-state index is 0.129. The van der Waals surface area contributed by atoms with Crippen LogP contribution in [-0.2, 0) is 9.47 Å². The van der Waals surface area contributed by atoms with Gasteiger partial charge in [0.05, 0.1) is 18.8 Å². The Morgan fingerprint density at radius 1 is 1.16 bits per heavy atom. The van der Waals surface area contributed by atoms with E-state index >= 15 is 0 Å². The predicted octanol–water partition coefficient (Wildman–Crippen LogP) is 3.23. The summed E-state index contributed by atoms with van der Waals surface area (Å²) < 4.78 is 11.6. The lowest BCUT2D eigenvalue weighted by Crippen LogP contribution is -2.44. The fraction of sp³-hybridized carbons (Fsp3) is 1.00. The van der Waals surface area contributed by atoms with Gasteiger partial charge in [0, 0.05) is 19.2 Å². The summed E-state index contributed by atoms with van der Waals surface area (Å²) in [6, 6.07) is 0. The highest BCUT2D eigenvalue weighted by atomic mass is 16.5. The zero-order chi connectivity index (χ0) is 14.5. The molecule has 0 aromatic heterocycles. The van der Waals surface area contributed by atoms with E-state index < -0.39 is 0 Å². The van der Waals surface area contributed by atoms with Crippen molar-refractivity contribution in [3.8, 4) is 0 Å². The molecule has 1 saturated carbocycles. The number of hydrogen-bond donors (Lipinski definition) is 1. The number of methoxy groups -OCH3 is 1. The van der Waals surface area contributed by atoms with Crippen LogP contribution >= 0.6 is 0 Å². The van der Waals surface area contributed by atoms with Crippen LogP contribution in [0, 0.1) is 11.8 Å². The zero-order valence-electron chi connectivity index (χ0n) is 13.7. The Hall–Kier alpha value is -0.120. The molecular formula is C16H33NO2. The standard InChI is InChI=1S/C16H33NO2/c1-12-7-8-14(9-13(12)2)19-15(11-18-6)10-17-16(3,4)5/h12-15,17H,7-11H2,1-6H3. The van der Waals surface area contributed by atoms with Gasteiger partial charge in [0.25, 0.3) is 0 Å². The third kappa shape index (κ3) is 6.73. The van der Waals surface area contributed by atoms with Crippen molar-refractivity contribution in [2.24, 2.45) is 11.8 Å². The second kappa shape index (κ2) is 7.61. The van der Waals surface area contributed by atoms with Gasteiger partial charge in [0.2, 0.25) is 0 Å². The first-order valence-corrected chi connectivity index (χ1v) is 7.71. The molecular weight excluding hydrogens is 238 g/mol. The highest BCUT2D eigenvalue weighted by Gasteiger charge is 2.27. The number of nitrogens with one attached hydrogen (secondary N) is 1. The van der Waals surface area contributed by atoms with Gasteiger partial charge in [-0.1, -0.05) is 13.8 Å². The zero-order valence-corrected chi connectivity index (χ0v) is 13.7. The third-order valence-electron chi connectivity index (χ3n) is 4.15. The Morgan fingerprint density at radius 2 is 1.84 bits per heavy atom. The highest BCUT2D eigenvalue weighted by Crippen LogP contribution is 2.31. The largest absolute Gasteiger partial charge is 0.382 e. The van der Waals surface area contributed by atoms with Crippen LogP contribution in [0.3, 0.4) is 0 Å².